The molecule has 1 saturated carbocycles. The topological polar surface area (TPSA) is 29.1 Å². The molecule has 1 amide bonds. The molecule has 0 bridgehead atoms. The fraction of sp³-hybridized carbons (Fsp3) is 0.350. The molecular formula is C20H22FNO. The Morgan fingerprint density at radius 1 is 1.13 bits per heavy atom. The average molecular weight is 311 g/mol. The molecule has 1 unspecified atom stereocenters. The molecular weight excluding hydrogens is 289 g/mol. The predicted octanol–water partition coefficient (Wildman–Crippen LogP) is 4.33. The van der Waals surface area contributed by atoms with Crippen LogP contribution in [0.5, 0.6) is 0 Å². The van der Waals surface area contributed by atoms with Crippen molar-refractivity contribution in [2.24, 2.45) is 5.92 Å². The molecule has 0 saturated heterocycles. The number of rotatable bonds is 6. The highest BCUT2D eigenvalue weighted by atomic mass is 19.1. The first-order chi connectivity index (χ1) is 11.1. The monoisotopic (exact) mass is 311 g/mol. The summed E-state index contributed by atoms with van der Waals surface area (Å²) in [5.74, 6) is 0.380. The number of nitrogens with one attached hydrogen (secondary N) is 1. The summed E-state index contributed by atoms with van der Waals surface area (Å²) < 4.78 is 12.9. The van der Waals surface area contributed by atoms with Gasteiger partial charge in [-0.2, -0.15) is 0 Å². The second-order valence-corrected chi connectivity index (χ2v) is 6.42. The standard InChI is InChI=1S/C20H22FNO/c1-14-2-7-16(8-3-14)20(17-9-10-17)22-19(23)13-6-15-4-11-18(21)12-5-15/h2-5,7-8,11-12,17,20H,6,9-10,13H2,1H3,(H,22,23). The van der Waals surface area contributed by atoms with Gasteiger partial charge < -0.3 is 5.32 Å². The van der Waals surface area contributed by atoms with Crippen LogP contribution in [0.15, 0.2) is 48.5 Å². The van der Waals surface area contributed by atoms with Crippen molar-refractivity contribution in [2.45, 2.75) is 38.6 Å². The molecule has 23 heavy (non-hydrogen) atoms. The summed E-state index contributed by atoms with van der Waals surface area (Å²) in [6.45, 7) is 2.07. The van der Waals surface area contributed by atoms with Crippen molar-refractivity contribution >= 4 is 5.91 Å². The quantitative estimate of drug-likeness (QED) is 0.845. The third-order valence-electron chi connectivity index (χ3n) is 4.40. The molecule has 1 atom stereocenters. The SMILES string of the molecule is Cc1ccc(C(NC(=O)CCc2ccc(F)cc2)C2CC2)cc1. The highest BCUT2D eigenvalue weighted by Gasteiger charge is 2.33. The molecule has 1 aliphatic rings. The molecule has 0 aliphatic heterocycles. The molecule has 2 nitrogen and oxygen atoms in total. The van der Waals surface area contributed by atoms with Crippen molar-refractivity contribution < 1.29 is 9.18 Å². The summed E-state index contributed by atoms with van der Waals surface area (Å²) in [4.78, 5) is 12.3. The lowest BCUT2D eigenvalue weighted by Crippen LogP contribution is -2.30. The van der Waals surface area contributed by atoms with Crippen LogP contribution >= 0.6 is 0 Å². The smallest absolute Gasteiger partial charge is 0.220 e. The number of benzene rings is 2. The van der Waals surface area contributed by atoms with E-state index < -0.39 is 0 Å². The van der Waals surface area contributed by atoms with Crippen molar-refractivity contribution in [3.8, 4) is 0 Å². The summed E-state index contributed by atoms with van der Waals surface area (Å²) >= 11 is 0. The van der Waals surface area contributed by atoms with Crippen LogP contribution in [0, 0.1) is 18.7 Å². The van der Waals surface area contributed by atoms with E-state index in [9.17, 15) is 9.18 Å². The molecule has 0 aromatic heterocycles. The van der Waals surface area contributed by atoms with Gasteiger partial charge in [-0.25, -0.2) is 4.39 Å². The lowest BCUT2D eigenvalue weighted by Gasteiger charge is -2.19. The molecule has 3 heteroatoms. The van der Waals surface area contributed by atoms with E-state index in [1.807, 2.05) is 0 Å². The van der Waals surface area contributed by atoms with Gasteiger partial charge in [-0.15, -0.1) is 0 Å². The fourth-order valence-electron chi connectivity index (χ4n) is 2.83. The Hall–Kier alpha value is -2.16. The number of hydrogen-bond donors (Lipinski definition) is 1. The minimum atomic E-state index is -0.244. The van der Waals surface area contributed by atoms with Crippen LogP contribution in [-0.4, -0.2) is 5.91 Å². The van der Waals surface area contributed by atoms with Crippen LogP contribution in [0.1, 0.15) is 42.0 Å². The first-order valence-corrected chi connectivity index (χ1v) is 8.22. The summed E-state index contributed by atoms with van der Waals surface area (Å²) in [6.07, 6.45) is 3.42. The molecule has 1 aliphatic carbocycles. The van der Waals surface area contributed by atoms with E-state index in [4.69, 9.17) is 0 Å². The molecule has 1 N–H and O–H groups in total. The maximum absolute atomic E-state index is 12.9. The van der Waals surface area contributed by atoms with Crippen molar-refractivity contribution in [3.63, 3.8) is 0 Å². The lowest BCUT2D eigenvalue weighted by atomic mass is 10.0. The first-order valence-electron chi connectivity index (χ1n) is 8.22. The van der Waals surface area contributed by atoms with Crippen LogP contribution in [0.3, 0.4) is 0 Å². The van der Waals surface area contributed by atoms with Crippen molar-refractivity contribution in [3.05, 3.63) is 71.0 Å². The van der Waals surface area contributed by atoms with Crippen molar-refractivity contribution in [2.75, 3.05) is 0 Å². The summed E-state index contributed by atoms with van der Waals surface area (Å²) in [5, 5.41) is 3.18. The Kier molecular flexibility index (Phi) is 4.75. The van der Waals surface area contributed by atoms with Gasteiger partial charge in [0.2, 0.25) is 5.91 Å². The number of aryl methyl sites for hydroxylation is 2. The van der Waals surface area contributed by atoms with Gasteiger partial charge in [-0.1, -0.05) is 42.0 Å². The number of amides is 1. The highest BCUT2D eigenvalue weighted by molar-refractivity contribution is 5.76. The Labute approximate surface area is 136 Å². The maximum Gasteiger partial charge on any atom is 0.220 e. The zero-order valence-corrected chi connectivity index (χ0v) is 13.4. The number of halogens is 1. The van der Waals surface area contributed by atoms with E-state index in [2.05, 4.69) is 36.5 Å². The minimum absolute atomic E-state index is 0.0619. The van der Waals surface area contributed by atoms with Crippen LogP contribution in [-0.2, 0) is 11.2 Å². The molecule has 1 fully saturated rings. The van der Waals surface area contributed by atoms with Gasteiger partial charge >= 0.3 is 0 Å². The zero-order chi connectivity index (χ0) is 16.2. The molecule has 0 radical (unpaired) electrons. The van der Waals surface area contributed by atoms with Gasteiger partial charge in [-0.05, 0) is 55.4 Å². The Bertz CT molecular complexity index is 659. The molecule has 2 aromatic carbocycles. The van der Waals surface area contributed by atoms with E-state index in [0.29, 0.717) is 18.8 Å². The predicted molar refractivity (Wildman–Crippen MR) is 89.5 cm³/mol. The number of carbonyl (C=O) groups is 1. The van der Waals surface area contributed by atoms with E-state index >= 15 is 0 Å². The fourth-order valence-corrected chi connectivity index (χ4v) is 2.83. The van der Waals surface area contributed by atoms with Crippen molar-refractivity contribution in [1.29, 1.82) is 0 Å². The molecule has 0 heterocycles. The van der Waals surface area contributed by atoms with Gasteiger partial charge in [0.15, 0.2) is 0 Å². The molecule has 3 rings (SSSR count). The van der Waals surface area contributed by atoms with Crippen LogP contribution in [0.25, 0.3) is 0 Å². The Morgan fingerprint density at radius 3 is 2.39 bits per heavy atom. The minimum Gasteiger partial charge on any atom is -0.349 e. The van der Waals surface area contributed by atoms with Crippen LogP contribution < -0.4 is 5.32 Å². The largest absolute Gasteiger partial charge is 0.349 e. The van der Waals surface area contributed by atoms with Gasteiger partial charge in [0, 0.05) is 6.42 Å². The summed E-state index contributed by atoms with van der Waals surface area (Å²) in [6, 6.07) is 14.9. The highest BCUT2D eigenvalue weighted by Crippen LogP contribution is 2.41. The second kappa shape index (κ2) is 6.95. The Balaban J connectivity index is 1.58. The second-order valence-electron chi connectivity index (χ2n) is 6.42. The van der Waals surface area contributed by atoms with Crippen molar-refractivity contribution in [1.82, 2.24) is 5.32 Å². The number of carbonyl (C=O) groups excluding carboxylic acids is 1. The van der Waals surface area contributed by atoms with E-state index in [0.717, 1.165) is 5.56 Å². The van der Waals surface area contributed by atoms with Gasteiger partial charge in [0.05, 0.1) is 6.04 Å². The van der Waals surface area contributed by atoms with Gasteiger partial charge in [0.25, 0.3) is 0 Å². The van der Waals surface area contributed by atoms with E-state index in [1.165, 1.54) is 36.1 Å². The number of hydrogen-bond acceptors (Lipinski definition) is 1. The maximum atomic E-state index is 12.9. The normalized spacial score (nSPS) is 15.2. The zero-order valence-electron chi connectivity index (χ0n) is 13.4. The van der Waals surface area contributed by atoms with E-state index in [1.54, 1.807) is 12.1 Å². The van der Waals surface area contributed by atoms with Gasteiger partial charge in [-0.3, -0.25) is 4.79 Å². The molecule has 2 aromatic rings. The Morgan fingerprint density at radius 2 is 1.78 bits per heavy atom. The lowest BCUT2D eigenvalue weighted by molar-refractivity contribution is -0.122. The third-order valence-corrected chi connectivity index (χ3v) is 4.40. The average Bonchev–Trinajstić information content (AvgIpc) is 3.38. The van der Waals surface area contributed by atoms with Gasteiger partial charge in [0.1, 0.15) is 5.82 Å². The van der Waals surface area contributed by atoms with Crippen LogP contribution in [0.4, 0.5) is 4.39 Å². The van der Waals surface area contributed by atoms with E-state index in [-0.39, 0.29) is 17.8 Å². The summed E-state index contributed by atoms with van der Waals surface area (Å²) in [5.41, 5.74) is 3.40. The van der Waals surface area contributed by atoms with Crippen LogP contribution in [0.2, 0.25) is 0 Å². The summed E-state index contributed by atoms with van der Waals surface area (Å²) in [7, 11) is 0. The molecule has 0 spiro atoms. The molecule has 120 valence electrons. The first kappa shape index (κ1) is 15.7. The third kappa shape index (κ3) is 4.41.